The summed E-state index contributed by atoms with van der Waals surface area (Å²) in [4.78, 5) is 0. The summed E-state index contributed by atoms with van der Waals surface area (Å²) in [6.07, 6.45) is 7.44. The van der Waals surface area contributed by atoms with Crippen LogP contribution in [0.15, 0.2) is 0 Å². The van der Waals surface area contributed by atoms with Crippen LogP contribution in [0, 0.1) is 5.92 Å². The topological polar surface area (TPSA) is 0 Å². The smallest absolute Gasteiger partial charge is 0.174 e. The van der Waals surface area contributed by atoms with Crippen LogP contribution in [0.3, 0.4) is 0 Å². The summed E-state index contributed by atoms with van der Waals surface area (Å²) in [6.45, 7) is -1.31. The number of rotatable bonds is 0. The van der Waals surface area contributed by atoms with Crippen LogP contribution in [-0.4, -0.2) is 6.68 Å². The molecule has 1 saturated carbocycles. The van der Waals surface area contributed by atoms with Gasteiger partial charge in [0.25, 0.3) is 0 Å². The van der Waals surface area contributed by atoms with Gasteiger partial charge in [-0.05, 0) is 5.92 Å². The summed E-state index contributed by atoms with van der Waals surface area (Å²) >= 11 is 0. The zero-order valence-electron chi connectivity index (χ0n) is 6.82. The van der Waals surface area contributed by atoms with Gasteiger partial charge in [-0.1, -0.05) is 39.0 Å². The quantitative estimate of drug-likeness (QED) is 0.516. The Bertz CT molecular complexity index is 74.7. The second-order valence-electron chi connectivity index (χ2n) is 2.99. The molecule has 0 aromatic carbocycles. The zero-order chi connectivity index (χ0) is 8.69. The lowest BCUT2D eigenvalue weighted by Crippen LogP contribution is -1.99. The Kier molecular flexibility index (Phi) is 6.37. The second-order valence-corrected chi connectivity index (χ2v) is 2.99. The molecule has 0 nitrogen and oxygen atoms in total. The highest BCUT2D eigenvalue weighted by Gasteiger charge is 2.05. The predicted octanol–water partition coefficient (Wildman–Crippen LogP) is 3.77. The molecule has 11 heavy (non-hydrogen) atoms. The minimum absolute atomic E-state index is 1.04. The molecule has 0 heterocycles. The molecule has 0 aliphatic heterocycles. The summed E-state index contributed by atoms with van der Waals surface area (Å²) in [5.41, 5.74) is 0. The van der Waals surface area contributed by atoms with Gasteiger partial charge in [-0.15, -0.1) is 0 Å². The monoisotopic (exact) mass is 168 g/mol. The SMILES string of the molecule is CC1CCCCC1.FC(F)F. The van der Waals surface area contributed by atoms with Crippen molar-refractivity contribution in [2.24, 2.45) is 5.92 Å². The Balaban J connectivity index is 0.000000218. The van der Waals surface area contributed by atoms with Gasteiger partial charge in [0.05, 0.1) is 0 Å². The Morgan fingerprint density at radius 1 is 1.00 bits per heavy atom. The van der Waals surface area contributed by atoms with Crippen LogP contribution in [0.1, 0.15) is 39.0 Å². The van der Waals surface area contributed by atoms with Gasteiger partial charge < -0.3 is 0 Å². The van der Waals surface area contributed by atoms with Gasteiger partial charge in [0.1, 0.15) is 0 Å². The van der Waals surface area contributed by atoms with E-state index < -0.39 is 6.68 Å². The molecule has 0 saturated heterocycles. The van der Waals surface area contributed by atoms with Crippen LogP contribution in [0.2, 0.25) is 0 Å². The van der Waals surface area contributed by atoms with Gasteiger partial charge in [-0.2, -0.15) is 13.2 Å². The molecule has 1 rings (SSSR count). The molecule has 1 aliphatic carbocycles. The van der Waals surface area contributed by atoms with Crippen LogP contribution in [-0.2, 0) is 0 Å². The zero-order valence-corrected chi connectivity index (χ0v) is 6.82. The van der Waals surface area contributed by atoms with E-state index >= 15 is 0 Å². The summed E-state index contributed by atoms with van der Waals surface area (Å²) < 4.78 is 29.0. The second kappa shape index (κ2) is 6.50. The van der Waals surface area contributed by atoms with Crippen LogP contribution in [0.4, 0.5) is 13.2 Å². The molecule has 68 valence electrons. The Labute approximate surface area is 65.8 Å². The van der Waals surface area contributed by atoms with Gasteiger partial charge in [-0.3, -0.25) is 0 Å². The highest BCUT2D eigenvalue weighted by Crippen LogP contribution is 2.21. The molecule has 1 aliphatic rings. The highest BCUT2D eigenvalue weighted by molar-refractivity contribution is 4.59. The summed E-state index contributed by atoms with van der Waals surface area (Å²) in [5, 5.41) is 0. The third kappa shape index (κ3) is 9.79. The molecular formula is C8H15F3. The van der Waals surface area contributed by atoms with Crippen LogP contribution < -0.4 is 0 Å². The number of halogens is 3. The van der Waals surface area contributed by atoms with Crippen LogP contribution in [0.5, 0.6) is 0 Å². The molecular weight excluding hydrogens is 153 g/mol. The van der Waals surface area contributed by atoms with E-state index in [-0.39, 0.29) is 0 Å². The maximum atomic E-state index is 9.67. The maximum absolute atomic E-state index is 9.67. The normalized spacial score (nSPS) is 19.4. The first-order valence-corrected chi connectivity index (χ1v) is 4.05. The molecule has 0 bridgehead atoms. The molecule has 0 spiro atoms. The lowest BCUT2D eigenvalue weighted by atomic mass is 9.91. The van der Waals surface area contributed by atoms with Crippen LogP contribution in [0.25, 0.3) is 0 Å². The minimum atomic E-state index is -3.67. The summed E-state index contributed by atoms with van der Waals surface area (Å²) in [7, 11) is 0. The Morgan fingerprint density at radius 2 is 1.36 bits per heavy atom. The third-order valence-electron chi connectivity index (χ3n) is 1.89. The van der Waals surface area contributed by atoms with Crippen molar-refractivity contribution in [1.29, 1.82) is 0 Å². The molecule has 3 heteroatoms. The molecule has 0 aromatic heterocycles. The van der Waals surface area contributed by atoms with Crippen LogP contribution >= 0.6 is 0 Å². The van der Waals surface area contributed by atoms with Gasteiger partial charge >= 0.3 is 6.68 Å². The maximum Gasteiger partial charge on any atom is 0.379 e. The van der Waals surface area contributed by atoms with E-state index in [4.69, 9.17) is 0 Å². The molecule has 0 atom stereocenters. The first-order valence-electron chi connectivity index (χ1n) is 4.05. The van der Waals surface area contributed by atoms with Crippen molar-refractivity contribution < 1.29 is 13.2 Å². The lowest BCUT2D eigenvalue weighted by molar-refractivity contribution is 0.00819. The first kappa shape index (κ1) is 10.8. The number of hydrogen-bond donors (Lipinski definition) is 0. The van der Waals surface area contributed by atoms with Crippen molar-refractivity contribution in [2.75, 3.05) is 0 Å². The van der Waals surface area contributed by atoms with E-state index in [9.17, 15) is 13.2 Å². The molecule has 0 radical (unpaired) electrons. The standard InChI is InChI=1S/C7H14.CHF3/c1-7-5-3-2-4-6-7;2-1(3)4/h7H,2-6H2,1H3;1H. The van der Waals surface area contributed by atoms with E-state index in [2.05, 4.69) is 6.92 Å². The fourth-order valence-electron chi connectivity index (χ4n) is 1.31. The summed E-state index contributed by atoms with van der Waals surface area (Å²) in [5.74, 6) is 1.04. The van der Waals surface area contributed by atoms with Gasteiger partial charge in [-0.25, -0.2) is 0 Å². The molecule has 0 N–H and O–H groups in total. The van der Waals surface area contributed by atoms with E-state index in [1.165, 1.54) is 32.1 Å². The molecule has 0 aromatic rings. The van der Waals surface area contributed by atoms with Gasteiger partial charge in [0.15, 0.2) is 0 Å². The molecule has 0 unspecified atom stereocenters. The van der Waals surface area contributed by atoms with Crippen molar-refractivity contribution in [1.82, 2.24) is 0 Å². The fraction of sp³-hybridized carbons (Fsp3) is 1.00. The van der Waals surface area contributed by atoms with E-state index in [1.54, 1.807) is 0 Å². The van der Waals surface area contributed by atoms with Crippen molar-refractivity contribution in [3.8, 4) is 0 Å². The van der Waals surface area contributed by atoms with Crippen molar-refractivity contribution in [2.45, 2.75) is 45.7 Å². The van der Waals surface area contributed by atoms with E-state index in [0.717, 1.165) is 5.92 Å². The summed E-state index contributed by atoms with van der Waals surface area (Å²) in [6, 6.07) is 0. The average molecular weight is 168 g/mol. The minimum Gasteiger partial charge on any atom is -0.174 e. The predicted molar refractivity (Wildman–Crippen MR) is 39.4 cm³/mol. The average Bonchev–Trinajstić information content (AvgIpc) is 1.87. The molecule has 1 fully saturated rings. The van der Waals surface area contributed by atoms with Crippen molar-refractivity contribution in [3.63, 3.8) is 0 Å². The first-order chi connectivity index (χ1) is 5.13. The fourth-order valence-corrected chi connectivity index (χ4v) is 1.31. The highest BCUT2D eigenvalue weighted by atomic mass is 19.4. The van der Waals surface area contributed by atoms with Gasteiger partial charge in [0, 0.05) is 0 Å². The van der Waals surface area contributed by atoms with E-state index in [1.807, 2.05) is 0 Å². The Hall–Kier alpha value is -0.210. The van der Waals surface area contributed by atoms with E-state index in [0.29, 0.717) is 0 Å². The largest absolute Gasteiger partial charge is 0.379 e. The molecule has 0 amide bonds. The van der Waals surface area contributed by atoms with Gasteiger partial charge in [0.2, 0.25) is 0 Å². The van der Waals surface area contributed by atoms with Crippen molar-refractivity contribution in [3.05, 3.63) is 0 Å². The number of hydrogen-bond acceptors (Lipinski definition) is 0. The number of alkyl halides is 3. The van der Waals surface area contributed by atoms with Crippen molar-refractivity contribution >= 4 is 0 Å². The lowest BCUT2D eigenvalue weighted by Gasteiger charge is -2.15. The third-order valence-corrected chi connectivity index (χ3v) is 1.89. The Morgan fingerprint density at radius 3 is 1.55 bits per heavy atom.